The summed E-state index contributed by atoms with van der Waals surface area (Å²) in [4.78, 5) is 43.9. The van der Waals surface area contributed by atoms with Crippen LogP contribution in [0.15, 0.2) is 41.0 Å². The zero-order chi connectivity index (χ0) is 22.7. The van der Waals surface area contributed by atoms with Crippen LogP contribution in [0.3, 0.4) is 0 Å². The number of hydrogen-bond donors (Lipinski definition) is 1. The molecule has 1 aromatic heterocycles. The molecule has 2 saturated heterocycles. The molecule has 0 atom stereocenters. The van der Waals surface area contributed by atoms with Gasteiger partial charge in [-0.3, -0.25) is 14.4 Å². The van der Waals surface area contributed by atoms with E-state index in [4.69, 9.17) is 4.42 Å². The van der Waals surface area contributed by atoms with Gasteiger partial charge in [0.15, 0.2) is 5.76 Å². The number of amides is 3. The molecule has 0 unspecified atom stereocenters. The molecule has 0 saturated carbocycles. The number of anilines is 2. The SMILES string of the molecule is CC(C)C(=O)Nc1ccc(N2CCN(C(=O)c3ccco3)CC2)c(C(=O)N2CCCC2)c1. The first-order valence-corrected chi connectivity index (χ1v) is 11.3. The van der Waals surface area contributed by atoms with Crippen LogP contribution in [0.1, 0.15) is 47.6 Å². The maximum absolute atomic E-state index is 13.3. The average Bonchev–Trinajstić information content (AvgIpc) is 3.53. The standard InChI is InChI=1S/C24H30N4O4/c1-17(2)22(29)25-18-7-8-20(19(16-18)23(30)27-9-3-4-10-27)26-11-13-28(14-12-26)24(31)21-6-5-15-32-21/h5-8,15-17H,3-4,9-14H2,1-2H3,(H,25,29). The predicted molar refractivity (Wildman–Crippen MR) is 122 cm³/mol. The first-order valence-electron chi connectivity index (χ1n) is 11.3. The lowest BCUT2D eigenvalue weighted by Gasteiger charge is -2.37. The van der Waals surface area contributed by atoms with Gasteiger partial charge in [-0.15, -0.1) is 0 Å². The summed E-state index contributed by atoms with van der Waals surface area (Å²) in [5.74, 6) is -0.00911. The number of carbonyl (C=O) groups is 3. The molecule has 32 heavy (non-hydrogen) atoms. The quantitative estimate of drug-likeness (QED) is 0.775. The maximum atomic E-state index is 13.3. The lowest BCUT2D eigenvalue weighted by Crippen LogP contribution is -2.49. The van der Waals surface area contributed by atoms with Crippen molar-refractivity contribution in [1.29, 1.82) is 0 Å². The van der Waals surface area contributed by atoms with Crippen LogP contribution in [0.25, 0.3) is 0 Å². The highest BCUT2D eigenvalue weighted by molar-refractivity contribution is 6.02. The largest absolute Gasteiger partial charge is 0.459 e. The third kappa shape index (κ3) is 4.64. The molecule has 3 heterocycles. The average molecular weight is 439 g/mol. The van der Waals surface area contributed by atoms with Crippen LogP contribution in [0.5, 0.6) is 0 Å². The van der Waals surface area contributed by atoms with E-state index in [0.29, 0.717) is 43.2 Å². The number of hydrogen-bond acceptors (Lipinski definition) is 5. The zero-order valence-electron chi connectivity index (χ0n) is 18.7. The van der Waals surface area contributed by atoms with Crippen molar-refractivity contribution in [3.63, 3.8) is 0 Å². The van der Waals surface area contributed by atoms with Crippen molar-refractivity contribution in [3.8, 4) is 0 Å². The highest BCUT2D eigenvalue weighted by atomic mass is 16.3. The van der Waals surface area contributed by atoms with Gasteiger partial charge in [-0.25, -0.2) is 0 Å². The minimum atomic E-state index is -0.146. The molecule has 0 bridgehead atoms. The Morgan fingerprint density at radius 1 is 0.906 bits per heavy atom. The van der Waals surface area contributed by atoms with Crippen molar-refractivity contribution in [1.82, 2.24) is 9.80 Å². The van der Waals surface area contributed by atoms with Crippen molar-refractivity contribution >= 4 is 29.1 Å². The van der Waals surface area contributed by atoms with Crippen LogP contribution in [0.4, 0.5) is 11.4 Å². The Bertz CT molecular complexity index is 972. The lowest BCUT2D eigenvalue weighted by atomic mass is 10.1. The summed E-state index contributed by atoms with van der Waals surface area (Å²) in [7, 11) is 0. The summed E-state index contributed by atoms with van der Waals surface area (Å²) in [6, 6.07) is 8.92. The predicted octanol–water partition coefficient (Wildman–Crippen LogP) is 3.07. The Hall–Kier alpha value is -3.29. The van der Waals surface area contributed by atoms with E-state index in [1.165, 1.54) is 6.26 Å². The third-order valence-electron chi connectivity index (χ3n) is 6.05. The van der Waals surface area contributed by atoms with Crippen molar-refractivity contribution < 1.29 is 18.8 Å². The number of benzene rings is 1. The van der Waals surface area contributed by atoms with Crippen LogP contribution in [-0.4, -0.2) is 66.8 Å². The Kier molecular flexibility index (Phi) is 6.48. The molecule has 8 heteroatoms. The summed E-state index contributed by atoms with van der Waals surface area (Å²) in [5, 5.41) is 2.90. The highest BCUT2D eigenvalue weighted by Crippen LogP contribution is 2.28. The van der Waals surface area contributed by atoms with Gasteiger partial charge in [0.2, 0.25) is 5.91 Å². The van der Waals surface area contributed by atoms with E-state index in [1.807, 2.05) is 30.9 Å². The Morgan fingerprint density at radius 3 is 2.22 bits per heavy atom. The first kappa shape index (κ1) is 21.9. The monoisotopic (exact) mass is 438 g/mol. The molecular weight excluding hydrogens is 408 g/mol. The molecule has 2 aliphatic heterocycles. The van der Waals surface area contributed by atoms with Crippen molar-refractivity contribution in [2.24, 2.45) is 5.92 Å². The second kappa shape index (κ2) is 9.46. The molecule has 4 rings (SSSR count). The summed E-state index contributed by atoms with van der Waals surface area (Å²) in [6.45, 7) is 7.51. The van der Waals surface area contributed by atoms with E-state index >= 15 is 0 Å². The fourth-order valence-electron chi connectivity index (χ4n) is 4.14. The van der Waals surface area contributed by atoms with Gasteiger partial charge >= 0.3 is 0 Å². The van der Waals surface area contributed by atoms with Crippen LogP contribution >= 0.6 is 0 Å². The Morgan fingerprint density at radius 2 is 1.59 bits per heavy atom. The topological polar surface area (TPSA) is 86.1 Å². The second-order valence-corrected chi connectivity index (χ2v) is 8.63. The molecule has 8 nitrogen and oxygen atoms in total. The normalized spacial score (nSPS) is 16.5. The highest BCUT2D eigenvalue weighted by Gasteiger charge is 2.28. The van der Waals surface area contributed by atoms with Gasteiger partial charge in [0, 0.05) is 56.6 Å². The summed E-state index contributed by atoms with van der Waals surface area (Å²) in [6.07, 6.45) is 3.52. The number of piperazine rings is 1. The molecule has 3 amide bonds. The molecule has 2 fully saturated rings. The molecule has 2 aromatic rings. The lowest BCUT2D eigenvalue weighted by molar-refractivity contribution is -0.118. The zero-order valence-corrected chi connectivity index (χ0v) is 18.7. The number of carbonyl (C=O) groups excluding carboxylic acids is 3. The second-order valence-electron chi connectivity index (χ2n) is 8.63. The summed E-state index contributed by atoms with van der Waals surface area (Å²) < 4.78 is 5.24. The van der Waals surface area contributed by atoms with Gasteiger partial charge in [-0.1, -0.05) is 13.8 Å². The number of nitrogens with zero attached hydrogens (tertiary/aromatic N) is 3. The van der Waals surface area contributed by atoms with E-state index in [9.17, 15) is 14.4 Å². The number of likely N-dealkylation sites (tertiary alicyclic amines) is 1. The fourth-order valence-corrected chi connectivity index (χ4v) is 4.14. The molecule has 1 N–H and O–H groups in total. The van der Waals surface area contributed by atoms with Crippen LogP contribution in [-0.2, 0) is 4.79 Å². The van der Waals surface area contributed by atoms with Gasteiger partial charge in [0.25, 0.3) is 11.8 Å². The van der Waals surface area contributed by atoms with E-state index < -0.39 is 0 Å². The van der Waals surface area contributed by atoms with Crippen molar-refractivity contribution in [3.05, 3.63) is 47.9 Å². The molecule has 1 aromatic carbocycles. The van der Waals surface area contributed by atoms with E-state index in [0.717, 1.165) is 31.6 Å². The molecule has 0 radical (unpaired) electrons. The van der Waals surface area contributed by atoms with Crippen LogP contribution in [0.2, 0.25) is 0 Å². The number of furan rings is 1. The minimum Gasteiger partial charge on any atom is -0.459 e. The van der Waals surface area contributed by atoms with Gasteiger partial charge in [-0.05, 0) is 43.2 Å². The third-order valence-corrected chi connectivity index (χ3v) is 6.05. The van der Waals surface area contributed by atoms with Gasteiger partial charge in [0.05, 0.1) is 11.8 Å². The Balaban J connectivity index is 1.53. The van der Waals surface area contributed by atoms with E-state index in [1.54, 1.807) is 23.1 Å². The molecule has 0 spiro atoms. The number of nitrogens with one attached hydrogen (secondary N) is 1. The van der Waals surface area contributed by atoms with Gasteiger partial charge in [0.1, 0.15) is 0 Å². The Labute approximate surface area is 188 Å². The van der Waals surface area contributed by atoms with Gasteiger partial charge < -0.3 is 24.4 Å². The smallest absolute Gasteiger partial charge is 0.289 e. The number of rotatable bonds is 5. The minimum absolute atomic E-state index is 0.00719. The first-order chi connectivity index (χ1) is 15.4. The molecule has 170 valence electrons. The van der Waals surface area contributed by atoms with E-state index in [-0.39, 0.29) is 23.6 Å². The fraction of sp³-hybridized carbons (Fsp3) is 0.458. The van der Waals surface area contributed by atoms with Crippen LogP contribution in [0, 0.1) is 5.92 Å². The van der Waals surface area contributed by atoms with Crippen LogP contribution < -0.4 is 10.2 Å². The van der Waals surface area contributed by atoms with E-state index in [2.05, 4.69) is 10.2 Å². The molecule has 2 aliphatic rings. The summed E-state index contributed by atoms with van der Waals surface area (Å²) >= 11 is 0. The molecular formula is C24H30N4O4. The molecule has 0 aliphatic carbocycles. The van der Waals surface area contributed by atoms with Crippen molar-refractivity contribution in [2.45, 2.75) is 26.7 Å². The summed E-state index contributed by atoms with van der Waals surface area (Å²) in [5.41, 5.74) is 2.07. The van der Waals surface area contributed by atoms with Gasteiger partial charge in [-0.2, -0.15) is 0 Å². The maximum Gasteiger partial charge on any atom is 0.289 e. The van der Waals surface area contributed by atoms with Crippen molar-refractivity contribution in [2.75, 3.05) is 49.5 Å².